The van der Waals surface area contributed by atoms with E-state index in [2.05, 4.69) is 6.08 Å². The van der Waals surface area contributed by atoms with Crippen molar-refractivity contribution in [3.05, 3.63) is 64.8 Å². The van der Waals surface area contributed by atoms with Gasteiger partial charge in [0.2, 0.25) is 5.91 Å². The van der Waals surface area contributed by atoms with Crippen LogP contribution in [0.3, 0.4) is 0 Å². The summed E-state index contributed by atoms with van der Waals surface area (Å²) in [6.07, 6.45) is 8.96. The second kappa shape index (κ2) is 8.24. The fourth-order valence-corrected chi connectivity index (χ4v) is 4.92. The number of nitrogens with zero attached hydrogens (tertiary/aromatic N) is 1. The molecule has 1 amide bonds. The van der Waals surface area contributed by atoms with E-state index in [0.29, 0.717) is 5.56 Å². The van der Waals surface area contributed by atoms with Crippen molar-refractivity contribution in [2.45, 2.75) is 31.4 Å². The van der Waals surface area contributed by atoms with Gasteiger partial charge in [-0.05, 0) is 29.7 Å². The molecule has 7 nitrogen and oxygen atoms in total. The van der Waals surface area contributed by atoms with Crippen LogP contribution in [0.1, 0.15) is 40.7 Å². The SMILES string of the molecule is C[C@@H](O)C1C(=O)N(CC(=O)O)C1CC(=O)c1ccc2c(c1)C1C=CC=CC1C(CO)=C2. The molecule has 1 fully saturated rings. The van der Waals surface area contributed by atoms with Crippen molar-refractivity contribution in [2.24, 2.45) is 11.8 Å². The number of rotatable bonds is 7. The molecular formula is C24H25NO6. The average Bonchev–Trinajstić information content (AvgIpc) is 2.75. The summed E-state index contributed by atoms with van der Waals surface area (Å²) in [4.78, 5) is 37.5. The number of carbonyl (C=O) groups excluding carboxylic acids is 2. The third-order valence-electron chi connectivity index (χ3n) is 6.46. The lowest BCUT2D eigenvalue weighted by atomic mass is 9.72. The second-order valence-corrected chi connectivity index (χ2v) is 8.36. The van der Waals surface area contributed by atoms with Crippen molar-refractivity contribution in [3.8, 4) is 0 Å². The second-order valence-electron chi connectivity index (χ2n) is 8.36. The molecule has 0 radical (unpaired) electrons. The number of hydrogen-bond acceptors (Lipinski definition) is 5. The van der Waals surface area contributed by atoms with Gasteiger partial charge in [0.25, 0.3) is 0 Å². The standard InChI is InChI=1S/C24H25NO6/c1-13(27)23-20(25(24(23)31)11-22(29)30)10-21(28)15-7-6-14-8-16(12-26)17-4-2-3-5-18(17)19(14)9-15/h2-9,13,17-18,20,23,26-27H,10-12H2,1H3,(H,29,30)/t13-,17?,18?,20?,23?/m1/s1. The first-order chi connectivity index (χ1) is 14.8. The molecule has 0 saturated carbocycles. The summed E-state index contributed by atoms with van der Waals surface area (Å²) in [6.45, 7) is 0.959. The lowest BCUT2D eigenvalue weighted by molar-refractivity contribution is -0.168. The van der Waals surface area contributed by atoms with Gasteiger partial charge in [0, 0.05) is 23.8 Å². The summed E-state index contributed by atoms with van der Waals surface area (Å²) in [6, 6.07) is 4.78. The molecule has 1 aromatic rings. The first kappa shape index (κ1) is 21.2. The van der Waals surface area contributed by atoms with E-state index in [4.69, 9.17) is 5.11 Å². The van der Waals surface area contributed by atoms with E-state index in [1.165, 1.54) is 6.92 Å². The molecule has 0 bridgehead atoms. The van der Waals surface area contributed by atoms with Crippen molar-refractivity contribution < 1.29 is 29.7 Å². The number of amides is 1. The summed E-state index contributed by atoms with van der Waals surface area (Å²) >= 11 is 0. The van der Waals surface area contributed by atoms with Gasteiger partial charge >= 0.3 is 5.97 Å². The highest BCUT2D eigenvalue weighted by atomic mass is 16.4. The van der Waals surface area contributed by atoms with Crippen molar-refractivity contribution in [3.63, 3.8) is 0 Å². The zero-order chi connectivity index (χ0) is 22.3. The van der Waals surface area contributed by atoms with Crippen molar-refractivity contribution in [2.75, 3.05) is 13.2 Å². The van der Waals surface area contributed by atoms with E-state index < -0.39 is 36.5 Å². The Kier molecular flexibility index (Phi) is 5.64. The maximum Gasteiger partial charge on any atom is 0.323 e. The van der Waals surface area contributed by atoms with Crippen LogP contribution >= 0.6 is 0 Å². The Morgan fingerprint density at radius 2 is 1.87 bits per heavy atom. The highest BCUT2D eigenvalue weighted by Crippen LogP contribution is 2.42. The van der Waals surface area contributed by atoms with E-state index in [1.807, 2.05) is 36.4 Å². The molecule has 4 unspecified atom stereocenters. The predicted molar refractivity (Wildman–Crippen MR) is 113 cm³/mol. The summed E-state index contributed by atoms with van der Waals surface area (Å²) in [7, 11) is 0. The third-order valence-corrected chi connectivity index (χ3v) is 6.46. The third kappa shape index (κ3) is 3.75. The lowest BCUT2D eigenvalue weighted by Gasteiger charge is -2.47. The first-order valence-corrected chi connectivity index (χ1v) is 10.4. The van der Waals surface area contributed by atoms with Gasteiger partial charge < -0.3 is 20.2 Å². The minimum absolute atomic E-state index is 0.0268. The number of aliphatic hydroxyl groups excluding tert-OH is 2. The number of benzene rings is 1. The maximum absolute atomic E-state index is 13.1. The molecule has 4 rings (SSSR count). The van der Waals surface area contributed by atoms with E-state index in [1.54, 1.807) is 6.07 Å². The molecule has 0 aromatic heterocycles. The molecule has 1 saturated heterocycles. The average molecular weight is 423 g/mol. The van der Waals surface area contributed by atoms with E-state index in [9.17, 15) is 24.6 Å². The van der Waals surface area contributed by atoms with Gasteiger partial charge in [-0.1, -0.05) is 42.5 Å². The van der Waals surface area contributed by atoms with Crippen LogP contribution in [-0.2, 0) is 9.59 Å². The van der Waals surface area contributed by atoms with Gasteiger partial charge in [-0.15, -0.1) is 0 Å². The number of likely N-dealkylation sites (tertiary alicyclic amines) is 1. The Morgan fingerprint density at radius 3 is 2.52 bits per heavy atom. The largest absolute Gasteiger partial charge is 0.480 e. The number of carbonyl (C=O) groups is 3. The van der Waals surface area contributed by atoms with Crippen LogP contribution in [0.25, 0.3) is 6.08 Å². The Morgan fingerprint density at radius 1 is 1.16 bits per heavy atom. The quantitative estimate of drug-likeness (QED) is 0.455. The van der Waals surface area contributed by atoms with Crippen molar-refractivity contribution in [1.82, 2.24) is 4.90 Å². The van der Waals surface area contributed by atoms with Gasteiger partial charge in [0.15, 0.2) is 5.78 Å². The number of β-lactam (4-membered cyclic amide) rings is 1. The van der Waals surface area contributed by atoms with E-state index in [0.717, 1.165) is 21.6 Å². The fraction of sp³-hybridized carbons (Fsp3) is 0.375. The van der Waals surface area contributed by atoms with Crippen LogP contribution in [0, 0.1) is 11.8 Å². The summed E-state index contributed by atoms with van der Waals surface area (Å²) in [5.74, 6) is -2.50. The summed E-state index contributed by atoms with van der Waals surface area (Å²) < 4.78 is 0. The Bertz CT molecular complexity index is 1020. The van der Waals surface area contributed by atoms with Crippen LogP contribution in [0.2, 0.25) is 0 Å². The number of hydrogen-bond donors (Lipinski definition) is 3. The molecule has 7 heteroatoms. The van der Waals surface area contributed by atoms with E-state index in [-0.39, 0.29) is 30.6 Å². The number of carboxylic acid groups (broad SMARTS) is 1. The molecule has 3 aliphatic rings. The molecule has 1 heterocycles. The lowest BCUT2D eigenvalue weighted by Crippen LogP contribution is -2.65. The molecule has 2 aliphatic carbocycles. The Labute approximate surface area is 180 Å². The monoisotopic (exact) mass is 423 g/mol. The maximum atomic E-state index is 13.1. The Balaban J connectivity index is 1.59. The number of fused-ring (bicyclic) bond motifs is 3. The van der Waals surface area contributed by atoms with Crippen LogP contribution in [0.4, 0.5) is 0 Å². The van der Waals surface area contributed by atoms with Gasteiger partial charge in [-0.2, -0.15) is 0 Å². The van der Waals surface area contributed by atoms with E-state index >= 15 is 0 Å². The van der Waals surface area contributed by atoms with Gasteiger partial charge in [0.1, 0.15) is 6.54 Å². The topological polar surface area (TPSA) is 115 Å². The number of allylic oxidation sites excluding steroid dienone is 4. The molecule has 3 N–H and O–H groups in total. The Hall–Kier alpha value is -3.03. The van der Waals surface area contributed by atoms with Crippen LogP contribution < -0.4 is 0 Å². The van der Waals surface area contributed by atoms with Crippen LogP contribution in [-0.4, -0.2) is 63.2 Å². The van der Waals surface area contributed by atoms with Crippen LogP contribution in [0.15, 0.2) is 48.1 Å². The zero-order valence-corrected chi connectivity index (χ0v) is 17.1. The number of ketones is 1. The molecule has 5 atom stereocenters. The predicted octanol–water partition coefficient (Wildman–Crippen LogP) is 1.77. The van der Waals surface area contributed by atoms with Crippen LogP contribution in [0.5, 0.6) is 0 Å². The van der Waals surface area contributed by atoms with Crippen molar-refractivity contribution in [1.29, 1.82) is 0 Å². The first-order valence-electron chi connectivity index (χ1n) is 10.4. The molecule has 162 valence electrons. The molecule has 31 heavy (non-hydrogen) atoms. The number of Topliss-reactive ketones (excluding diaryl/α,β-unsaturated/α-hetero) is 1. The summed E-state index contributed by atoms with van der Waals surface area (Å²) in [5.41, 5.74) is 3.36. The molecule has 1 aliphatic heterocycles. The minimum atomic E-state index is -1.15. The highest BCUT2D eigenvalue weighted by molar-refractivity contribution is 5.99. The molecule has 0 spiro atoms. The fourth-order valence-electron chi connectivity index (χ4n) is 4.92. The smallest absolute Gasteiger partial charge is 0.323 e. The summed E-state index contributed by atoms with van der Waals surface area (Å²) in [5, 5.41) is 28.7. The van der Waals surface area contributed by atoms with Gasteiger partial charge in [0.05, 0.1) is 24.7 Å². The number of aliphatic carboxylic acids is 1. The number of carboxylic acids is 1. The number of aliphatic hydroxyl groups is 2. The zero-order valence-electron chi connectivity index (χ0n) is 17.1. The molecule has 1 aromatic carbocycles. The van der Waals surface area contributed by atoms with Gasteiger partial charge in [-0.3, -0.25) is 14.4 Å². The van der Waals surface area contributed by atoms with Crippen molar-refractivity contribution >= 4 is 23.7 Å². The minimum Gasteiger partial charge on any atom is -0.480 e. The molecular weight excluding hydrogens is 398 g/mol. The van der Waals surface area contributed by atoms with Gasteiger partial charge in [-0.25, -0.2) is 0 Å². The highest BCUT2D eigenvalue weighted by Gasteiger charge is 2.50. The normalized spacial score (nSPS) is 27.1.